The van der Waals surface area contributed by atoms with Crippen molar-refractivity contribution in [1.29, 1.82) is 0 Å². The molecule has 166 valence electrons. The Hall–Kier alpha value is -2.82. The summed E-state index contributed by atoms with van der Waals surface area (Å²) in [5, 5.41) is 2.68. The molecule has 0 unspecified atom stereocenters. The second kappa shape index (κ2) is 6.84. The number of urea groups is 1. The highest BCUT2D eigenvalue weighted by Gasteiger charge is 2.51. The van der Waals surface area contributed by atoms with Crippen LogP contribution in [0.4, 0.5) is 4.79 Å². The van der Waals surface area contributed by atoms with Crippen molar-refractivity contribution < 1.29 is 32.3 Å². The van der Waals surface area contributed by atoms with Gasteiger partial charge in [-0.3, -0.25) is 14.5 Å². The molecule has 4 amide bonds. The summed E-state index contributed by atoms with van der Waals surface area (Å²) in [5.74, 6) is 0.0898. The van der Waals surface area contributed by atoms with Gasteiger partial charge in [0.25, 0.3) is 5.91 Å². The predicted octanol–water partition coefficient (Wildman–Crippen LogP) is 0.360. The molecule has 1 aromatic rings. The van der Waals surface area contributed by atoms with Gasteiger partial charge < -0.3 is 19.7 Å². The number of fused-ring (bicyclic) bond motifs is 1. The SMILES string of the molecule is C[C@@]1(c2ccc3c(c2)OCO3)NC(=O)N(CC(=O)N(C2CC2)[C@@H]2CCS(=O)(=O)C2)C1=O. The van der Waals surface area contributed by atoms with Crippen LogP contribution in [0.5, 0.6) is 11.5 Å². The summed E-state index contributed by atoms with van der Waals surface area (Å²) < 4.78 is 34.5. The molecule has 1 aliphatic carbocycles. The molecule has 3 fully saturated rings. The molecule has 3 heterocycles. The third-order valence-electron chi connectivity index (χ3n) is 6.35. The molecule has 0 spiro atoms. The van der Waals surface area contributed by atoms with Gasteiger partial charge in [0.05, 0.1) is 11.5 Å². The number of nitrogens with one attached hydrogen (secondary N) is 1. The summed E-state index contributed by atoms with van der Waals surface area (Å²) >= 11 is 0. The van der Waals surface area contributed by atoms with E-state index in [9.17, 15) is 22.8 Å². The van der Waals surface area contributed by atoms with Crippen LogP contribution in [-0.4, -0.2) is 73.0 Å². The topological polar surface area (TPSA) is 122 Å². The lowest BCUT2D eigenvalue weighted by Crippen LogP contribution is -2.49. The molecule has 2 atom stereocenters. The van der Waals surface area contributed by atoms with Crippen LogP contribution in [0.1, 0.15) is 31.7 Å². The minimum Gasteiger partial charge on any atom is -0.454 e. The van der Waals surface area contributed by atoms with E-state index in [1.165, 1.54) is 0 Å². The smallest absolute Gasteiger partial charge is 0.325 e. The minimum atomic E-state index is -3.16. The molecule has 1 N–H and O–H groups in total. The minimum absolute atomic E-state index is 0.0215. The van der Waals surface area contributed by atoms with E-state index in [2.05, 4.69) is 5.32 Å². The van der Waals surface area contributed by atoms with Crippen LogP contribution in [-0.2, 0) is 25.0 Å². The monoisotopic (exact) mass is 449 g/mol. The molecule has 1 aromatic carbocycles. The maximum Gasteiger partial charge on any atom is 0.325 e. The Morgan fingerprint density at radius 3 is 2.61 bits per heavy atom. The number of rotatable bonds is 5. The van der Waals surface area contributed by atoms with Crippen molar-refractivity contribution in [3.05, 3.63) is 23.8 Å². The van der Waals surface area contributed by atoms with Gasteiger partial charge in [0, 0.05) is 12.1 Å². The van der Waals surface area contributed by atoms with E-state index in [0.29, 0.717) is 23.5 Å². The molecule has 0 bridgehead atoms. The Bertz CT molecular complexity index is 1080. The van der Waals surface area contributed by atoms with Gasteiger partial charge in [0.1, 0.15) is 12.1 Å². The second-order valence-corrected chi connectivity index (χ2v) is 10.8. The normalized spacial score (nSPS) is 28.7. The van der Waals surface area contributed by atoms with E-state index < -0.39 is 45.8 Å². The summed E-state index contributed by atoms with van der Waals surface area (Å²) in [5.41, 5.74) is -0.828. The first-order valence-electron chi connectivity index (χ1n) is 10.2. The summed E-state index contributed by atoms with van der Waals surface area (Å²) in [6.07, 6.45) is 1.99. The van der Waals surface area contributed by atoms with E-state index in [-0.39, 0.29) is 24.3 Å². The zero-order valence-electron chi connectivity index (χ0n) is 17.0. The van der Waals surface area contributed by atoms with E-state index in [4.69, 9.17) is 9.47 Å². The number of ether oxygens (including phenoxy) is 2. The number of benzene rings is 1. The fourth-order valence-corrected chi connectivity index (χ4v) is 6.22. The Morgan fingerprint density at radius 1 is 1.19 bits per heavy atom. The fraction of sp³-hybridized carbons (Fsp3) is 0.550. The maximum atomic E-state index is 13.2. The molecule has 5 rings (SSSR count). The third kappa shape index (κ3) is 3.40. The molecule has 31 heavy (non-hydrogen) atoms. The van der Waals surface area contributed by atoms with Gasteiger partial charge in [-0.25, -0.2) is 13.2 Å². The molecular formula is C20H23N3O7S. The van der Waals surface area contributed by atoms with Crippen LogP contribution in [0.3, 0.4) is 0 Å². The Kier molecular flexibility index (Phi) is 4.44. The number of imide groups is 1. The van der Waals surface area contributed by atoms with Crippen LogP contribution in [0.2, 0.25) is 0 Å². The quantitative estimate of drug-likeness (QED) is 0.644. The third-order valence-corrected chi connectivity index (χ3v) is 8.10. The second-order valence-electron chi connectivity index (χ2n) is 8.60. The lowest BCUT2D eigenvalue weighted by Gasteiger charge is -2.30. The molecule has 0 radical (unpaired) electrons. The Labute approximate surface area is 179 Å². The van der Waals surface area contributed by atoms with Gasteiger partial charge in [0.2, 0.25) is 12.7 Å². The average molecular weight is 449 g/mol. The largest absolute Gasteiger partial charge is 0.454 e. The lowest BCUT2D eigenvalue weighted by atomic mass is 9.91. The summed E-state index contributed by atoms with van der Waals surface area (Å²) in [6, 6.07) is 3.92. The molecule has 4 aliphatic rings. The van der Waals surface area contributed by atoms with Crippen molar-refractivity contribution in [3.8, 4) is 11.5 Å². The first-order valence-corrected chi connectivity index (χ1v) is 12.1. The van der Waals surface area contributed by atoms with Gasteiger partial charge in [-0.15, -0.1) is 0 Å². The molecule has 3 aliphatic heterocycles. The Balaban J connectivity index is 1.35. The molecule has 0 aromatic heterocycles. The highest BCUT2D eigenvalue weighted by Crippen LogP contribution is 2.38. The molecule has 10 nitrogen and oxygen atoms in total. The van der Waals surface area contributed by atoms with Crippen molar-refractivity contribution >= 4 is 27.7 Å². The molecular weight excluding hydrogens is 426 g/mol. The summed E-state index contributed by atoms with van der Waals surface area (Å²) in [6.45, 7) is 1.25. The fourth-order valence-electron chi connectivity index (χ4n) is 4.51. The summed E-state index contributed by atoms with van der Waals surface area (Å²) in [4.78, 5) is 41.4. The van der Waals surface area contributed by atoms with Gasteiger partial charge in [-0.1, -0.05) is 6.07 Å². The first kappa shape index (κ1) is 20.1. The molecule has 2 saturated heterocycles. The van der Waals surface area contributed by atoms with Gasteiger partial charge in [0.15, 0.2) is 21.3 Å². The van der Waals surface area contributed by atoms with E-state index in [0.717, 1.165) is 17.7 Å². The molecule has 11 heteroatoms. The Morgan fingerprint density at radius 2 is 1.94 bits per heavy atom. The van der Waals surface area contributed by atoms with Crippen LogP contribution in [0.15, 0.2) is 18.2 Å². The van der Waals surface area contributed by atoms with Crippen LogP contribution >= 0.6 is 0 Å². The molecule has 1 saturated carbocycles. The standard InChI is InChI=1S/C20H23N3O7S/c1-20(12-2-5-15-16(8-12)30-11-29-15)18(25)22(19(26)21-20)9-17(24)23(13-3-4-13)14-6-7-31(27,28)10-14/h2,5,8,13-14H,3-4,6-7,9-11H2,1H3,(H,21,26)/t14-,20+/m1/s1. The van der Waals surface area contributed by atoms with Gasteiger partial charge in [-0.2, -0.15) is 0 Å². The maximum absolute atomic E-state index is 13.2. The van der Waals surface area contributed by atoms with Gasteiger partial charge >= 0.3 is 6.03 Å². The highest BCUT2D eigenvalue weighted by atomic mass is 32.2. The van der Waals surface area contributed by atoms with Crippen molar-refractivity contribution in [2.24, 2.45) is 0 Å². The van der Waals surface area contributed by atoms with Crippen molar-refractivity contribution in [2.75, 3.05) is 24.8 Å². The number of amides is 4. The van der Waals surface area contributed by atoms with Crippen molar-refractivity contribution in [3.63, 3.8) is 0 Å². The van der Waals surface area contributed by atoms with Crippen molar-refractivity contribution in [2.45, 2.75) is 43.8 Å². The number of carbonyl (C=O) groups excluding carboxylic acids is 3. The number of hydrogen-bond acceptors (Lipinski definition) is 7. The lowest BCUT2D eigenvalue weighted by molar-refractivity contribution is -0.140. The van der Waals surface area contributed by atoms with Gasteiger partial charge in [-0.05, 0) is 43.9 Å². The number of hydrogen-bond donors (Lipinski definition) is 1. The zero-order chi connectivity index (χ0) is 22.0. The van der Waals surface area contributed by atoms with Crippen LogP contribution in [0, 0.1) is 0 Å². The first-order chi connectivity index (χ1) is 14.7. The van der Waals surface area contributed by atoms with E-state index in [1.54, 1.807) is 30.0 Å². The zero-order valence-corrected chi connectivity index (χ0v) is 17.8. The van der Waals surface area contributed by atoms with Crippen LogP contribution < -0.4 is 14.8 Å². The number of carbonyl (C=O) groups is 3. The van der Waals surface area contributed by atoms with Crippen molar-refractivity contribution in [1.82, 2.24) is 15.1 Å². The summed E-state index contributed by atoms with van der Waals surface area (Å²) in [7, 11) is -3.16. The number of sulfone groups is 1. The van der Waals surface area contributed by atoms with Crippen LogP contribution in [0.25, 0.3) is 0 Å². The average Bonchev–Trinajstić information content (AvgIpc) is 3.24. The van der Waals surface area contributed by atoms with E-state index in [1.807, 2.05) is 0 Å². The number of nitrogens with zero attached hydrogens (tertiary/aromatic N) is 2. The highest BCUT2D eigenvalue weighted by molar-refractivity contribution is 7.91. The predicted molar refractivity (Wildman–Crippen MR) is 107 cm³/mol. The van der Waals surface area contributed by atoms with E-state index >= 15 is 0 Å².